The summed E-state index contributed by atoms with van der Waals surface area (Å²) in [7, 11) is 0. The van der Waals surface area contributed by atoms with Gasteiger partial charge in [0.05, 0.1) is 10.1 Å². The van der Waals surface area contributed by atoms with Gasteiger partial charge in [0.1, 0.15) is 0 Å². The van der Waals surface area contributed by atoms with E-state index in [2.05, 4.69) is 4.74 Å². The third kappa shape index (κ3) is 1.86. The van der Waals surface area contributed by atoms with E-state index in [1.165, 1.54) is 6.08 Å². The summed E-state index contributed by atoms with van der Waals surface area (Å²) in [6.45, 7) is 0. The van der Waals surface area contributed by atoms with Crippen LogP contribution in [0.2, 0.25) is 0 Å². The molecule has 6 heteroatoms. The molecule has 0 saturated heterocycles. The van der Waals surface area contributed by atoms with Gasteiger partial charge < -0.3 is 9.84 Å². The largest absolute Gasteiger partial charge is 0.478 e. The predicted octanol–water partition coefficient (Wildman–Crippen LogP) is 2.24. The minimum absolute atomic E-state index is 0.00287. The number of carbonyl (C=O) groups is 1. The molecule has 0 fully saturated rings. The molecule has 1 rings (SSSR count). The van der Waals surface area contributed by atoms with Crippen LogP contribution in [-0.4, -0.2) is 17.2 Å². The van der Waals surface area contributed by atoms with Crippen molar-refractivity contribution in [2.45, 2.75) is 6.10 Å². The molecular formula is C6H3Cl3O3. The zero-order valence-corrected chi connectivity index (χ0v) is 7.82. The number of rotatable bonds is 1. The van der Waals surface area contributed by atoms with Crippen molar-refractivity contribution in [1.29, 1.82) is 0 Å². The van der Waals surface area contributed by atoms with Gasteiger partial charge in [-0.2, -0.15) is 0 Å². The third-order valence-electron chi connectivity index (χ3n) is 1.15. The van der Waals surface area contributed by atoms with Crippen LogP contribution in [0.15, 0.2) is 21.4 Å². The normalized spacial score (nSPS) is 23.2. The van der Waals surface area contributed by atoms with Gasteiger partial charge in [-0.25, -0.2) is 4.79 Å². The van der Waals surface area contributed by atoms with Gasteiger partial charge in [0.15, 0.2) is 0 Å². The maximum absolute atomic E-state index is 10.4. The molecule has 0 bridgehead atoms. The number of aliphatic carboxylic acids is 1. The molecule has 1 unspecified atom stereocenters. The van der Waals surface area contributed by atoms with E-state index in [0.717, 1.165) is 0 Å². The molecule has 0 spiro atoms. The van der Waals surface area contributed by atoms with Gasteiger partial charge in [-0.1, -0.05) is 23.2 Å². The molecule has 66 valence electrons. The van der Waals surface area contributed by atoms with Gasteiger partial charge in [0.2, 0.25) is 11.3 Å². The highest BCUT2D eigenvalue weighted by atomic mass is 35.5. The second-order valence-electron chi connectivity index (χ2n) is 1.99. The molecule has 0 aromatic heterocycles. The van der Waals surface area contributed by atoms with Crippen molar-refractivity contribution in [2.24, 2.45) is 0 Å². The highest BCUT2D eigenvalue weighted by Gasteiger charge is 2.28. The quantitative estimate of drug-likeness (QED) is 0.750. The number of carboxylic acids is 1. The number of hydrogen-bond donors (Lipinski definition) is 1. The van der Waals surface area contributed by atoms with E-state index in [1.54, 1.807) is 0 Å². The van der Waals surface area contributed by atoms with E-state index in [0.29, 0.717) is 0 Å². The number of carboxylic acid groups (broad SMARTS) is 1. The molecule has 0 saturated carbocycles. The van der Waals surface area contributed by atoms with Gasteiger partial charge in [-0.3, -0.25) is 0 Å². The SMILES string of the molecule is O=C(O)C1OC(Cl)=C(Cl)C=C1Cl. The smallest absolute Gasteiger partial charge is 0.350 e. The van der Waals surface area contributed by atoms with E-state index in [1.807, 2.05) is 0 Å². The summed E-state index contributed by atoms with van der Waals surface area (Å²) in [5.74, 6) is -1.21. The average molecular weight is 229 g/mol. The Morgan fingerprint density at radius 3 is 2.58 bits per heavy atom. The molecule has 1 N–H and O–H groups in total. The Labute approximate surface area is 83.2 Å². The molecule has 1 aliphatic rings. The lowest BCUT2D eigenvalue weighted by molar-refractivity contribution is -0.144. The maximum Gasteiger partial charge on any atom is 0.350 e. The topological polar surface area (TPSA) is 46.5 Å². The summed E-state index contributed by atoms with van der Waals surface area (Å²) >= 11 is 16.4. The van der Waals surface area contributed by atoms with Crippen molar-refractivity contribution >= 4 is 40.8 Å². The van der Waals surface area contributed by atoms with E-state index in [4.69, 9.17) is 39.9 Å². The molecule has 3 nitrogen and oxygen atoms in total. The molecule has 0 radical (unpaired) electrons. The summed E-state index contributed by atoms with van der Waals surface area (Å²) in [4.78, 5) is 10.4. The Morgan fingerprint density at radius 2 is 2.08 bits per heavy atom. The Kier molecular flexibility index (Phi) is 2.88. The van der Waals surface area contributed by atoms with Crippen LogP contribution >= 0.6 is 34.8 Å². The van der Waals surface area contributed by atoms with Gasteiger partial charge in [-0.05, 0) is 17.7 Å². The lowest BCUT2D eigenvalue weighted by atomic mass is 10.3. The van der Waals surface area contributed by atoms with Crippen LogP contribution in [0.3, 0.4) is 0 Å². The van der Waals surface area contributed by atoms with E-state index >= 15 is 0 Å². The number of halogens is 3. The predicted molar refractivity (Wildman–Crippen MR) is 45.2 cm³/mol. The van der Waals surface area contributed by atoms with E-state index in [-0.39, 0.29) is 15.3 Å². The fourth-order valence-corrected chi connectivity index (χ4v) is 1.25. The van der Waals surface area contributed by atoms with Crippen LogP contribution in [0.5, 0.6) is 0 Å². The lowest BCUT2D eigenvalue weighted by Crippen LogP contribution is -2.25. The van der Waals surface area contributed by atoms with Crippen LogP contribution in [-0.2, 0) is 9.53 Å². The van der Waals surface area contributed by atoms with E-state index in [9.17, 15) is 4.79 Å². The first-order valence-electron chi connectivity index (χ1n) is 2.84. The van der Waals surface area contributed by atoms with Gasteiger partial charge in [0, 0.05) is 0 Å². The van der Waals surface area contributed by atoms with Crippen LogP contribution in [0, 0.1) is 0 Å². The monoisotopic (exact) mass is 228 g/mol. The molecule has 1 aliphatic heterocycles. The second-order valence-corrected chi connectivity index (χ2v) is 3.17. The van der Waals surface area contributed by atoms with E-state index < -0.39 is 12.1 Å². The molecule has 1 heterocycles. The first-order valence-corrected chi connectivity index (χ1v) is 3.97. The first kappa shape index (κ1) is 9.71. The van der Waals surface area contributed by atoms with Crippen molar-refractivity contribution in [2.75, 3.05) is 0 Å². The summed E-state index contributed by atoms with van der Waals surface area (Å²) in [5, 5.41) is 8.47. The summed E-state index contributed by atoms with van der Waals surface area (Å²) in [6.07, 6.45) is -0.00468. The van der Waals surface area contributed by atoms with Gasteiger partial charge >= 0.3 is 5.97 Å². The number of hydrogen-bond acceptors (Lipinski definition) is 2. The van der Waals surface area contributed by atoms with Crippen molar-refractivity contribution < 1.29 is 14.6 Å². The molecule has 0 aromatic carbocycles. The second kappa shape index (κ2) is 3.56. The summed E-state index contributed by atoms with van der Waals surface area (Å²) in [5.41, 5.74) is 0. The standard InChI is InChI=1S/C6H3Cl3O3/c7-2-1-3(8)5(9)12-4(2)6(10)11/h1,4H,(H,10,11). The van der Waals surface area contributed by atoms with Gasteiger partial charge in [-0.15, -0.1) is 0 Å². The van der Waals surface area contributed by atoms with Crippen molar-refractivity contribution in [3.8, 4) is 0 Å². The maximum atomic E-state index is 10.4. The van der Waals surface area contributed by atoms with Crippen LogP contribution in [0.25, 0.3) is 0 Å². The Morgan fingerprint density at radius 1 is 1.50 bits per heavy atom. The molecule has 1 atom stereocenters. The van der Waals surface area contributed by atoms with Crippen molar-refractivity contribution in [3.63, 3.8) is 0 Å². The fraction of sp³-hybridized carbons (Fsp3) is 0.167. The fourth-order valence-electron chi connectivity index (χ4n) is 0.638. The molecule has 0 amide bonds. The van der Waals surface area contributed by atoms with Gasteiger partial charge in [0.25, 0.3) is 0 Å². The van der Waals surface area contributed by atoms with Crippen LogP contribution in [0.1, 0.15) is 0 Å². The minimum atomic E-state index is -1.25. The van der Waals surface area contributed by atoms with Crippen LogP contribution in [0.4, 0.5) is 0 Å². The van der Waals surface area contributed by atoms with Crippen LogP contribution < -0.4 is 0 Å². The Hall–Kier alpha value is -0.380. The summed E-state index contributed by atoms with van der Waals surface area (Å²) < 4.78 is 4.69. The Bertz CT molecular complexity index is 282. The number of allylic oxidation sites excluding steroid dienone is 2. The highest BCUT2D eigenvalue weighted by Crippen LogP contribution is 2.29. The lowest BCUT2D eigenvalue weighted by Gasteiger charge is -2.17. The Balaban J connectivity index is 2.92. The minimum Gasteiger partial charge on any atom is -0.478 e. The summed E-state index contributed by atoms with van der Waals surface area (Å²) in [6, 6.07) is 0. The number of ether oxygens (including phenoxy) is 1. The molecule has 0 aliphatic carbocycles. The third-order valence-corrected chi connectivity index (χ3v) is 2.13. The zero-order chi connectivity index (χ0) is 9.30. The van der Waals surface area contributed by atoms with Crippen molar-refractivity contribution in [1.82, 2.24) is 0 Å². The average Bonchev–Trinajstić information content (AvgIpc) is 1.96. The molecular weight excluding hydrogens is 226 g/mol. The molecule has 12 heavy (non-hydrogen) atoms. The highest BCUT2D eigenvalue weighted by molar-refractivity contribution is 6.41. The van der Waals surface area contributed by atoms with Crippen molar-refractivity contribution in [3.05, 3.63) is 21.4 Å². The zero-order valence-electron chi connectivity index (χ0n) is 5.55. The molecule has 0 aromatic rings. The first-order chi connectivity index (χ1) is 5.52.